The van der Waals surface area contributed by atoms with Crippen molar-refractivity contribution in [3.05, 3.63) is 192 Å². The molecule has 0 aliphatic carbocycles. The van der Waals surface area contributed by atoms with Crippen LogP contribution in [0, 0.1) is 0 Å². The molecule has 0 radical (unpaired) electrons. The number of hydrogen-bond donors (Lipinski definition) is 0. The number of para-hydroxylation sites is 2. The van der Waals surface area contributed by atoms with E-state index in [9.17, 15) is 0 Å². The molecule has 0 saturated heterocycles. The van der Waals surface area contributed by atoms with Crippen molar-refractivity contribution >= 4 is 0 Å². The summed E-state index contributed by atoms with van der Waals surface area (Å²) in [7, 11) is 0. The number of rotatable bonds is 5. The van der Waals surface area contributed by atoms with Gasteiger partial charge in [-0.1, -0.05) is 152 Å². The van der Waals surface area contributed by atoms with Crippen LogP contribution < -0.4 is 4.74 Å². The highest BCUT2D eigenvalue weighted by atomic mass is 16.5. The fourth-order valence-corrected chi connectivity index (χ4v) is 6.43. The number of benzene rings is 6. The smallest absolute Gasteiger partial charge is 0.160 e. The van der Waals surface area contributed by atoms with E-state index in [-0.39, 0.29) is 0 Å². The van der Waals surface area contributed by atoms with Crippen molar-refractivity contribution in [2.45, 2.75) is 5.41 Å². The van der Waals surface area contributed by atoms with Crippen molar-refractivity contribution in [1.29, 1.82) is 0 Å². The molecule has 1 aliphatic heterocycles. The van der Waals surface area contributed by atoms with Gasteiger partial charge in [-0.05, 0) is 29.3 Å². The zero-order valence-corrected chi connectivity index (χ0v) is 24.0. The second kappa shape index (κ2) is 10.8. The summed E-state index contributed by atoms with van der Waals surface area (Å²) in [5.74, 6) is 2.45. The molecule has 7 aromatic rings. The van der Waals surface area contributed by atoms with Gasteiger partial charge in [-0.2, -0.15) is 0 Å². The normalized spacial score (nSPS) is 12.9. The molecule has 44 heavy (non-hydrogen) atoms. The number of aromatic nitrogens is 2. The van der Waals surface area contributed by atoms with Crippen LogP contribution in [0.2, 0.25) is 0 Å². The molecular weight excluding hydrogens is 536 g/mol. The topological polar surface area (TPSA) is 35.0 Å². The number of nitrogens with zero attached hydrogens (tertiary/aromatic N) is 2. The van der Waals surface area contributed by atoms with Crippen LogP contribution in [0.25, 0.3) is 33.9 Å². The zero-order valence-electron chi connectivity index (χ0n) is 24.0. The average Bonchev–Trinajstić information content (AvgIpc) is 3.11. The highest BCUT2D eigenvalue weighted by molar-refractivity contribution is 5.74. The number of hydrogen-bond acceptors (Lipinski definition) is 3. The maximum atomic E-state index is 6.46. The quantitative estimate of drug-likeness (QED) is 0.209. The van der Waals surface area contributed by atoms with E-state index < -0.39 is 5.41 Å². The predicted octanol–water partition coefficient (Wildman–Crippen LogP) is 9.97. The van der Waals surface area contributed by atoms with E-state index in [2.05, 4.69) is 121 Å². The van der Waals surface area contributed by atoms with E-state index in [0.29, 0.717) is 5.82 Å². The van der Waals surface area contributed by atoms with Crippen molar-refractivity contribution < 1.29 is 4.74 Å². The van der Waals surface area contributed by atoms with Gasteiger partial charge >= 0.3 is 0 Å². The van der Waals surface area contributed by atoms with Gasteiger partial charge in [0.1, 0.15) is 11.5 Å². The van der Waals surface area contributed by atoms with Gasteiger partial charge < -0.3 is 4.74 Å². The third-order valence-corrected chi connectivity index (χ3v) is 8.45. The molecule has 1 aromatic heterocycles. The van der Waals surface area contributed by atoms with Gasteiger partial charge in [0.2, 0.25) is 0 Å². The van der Waals surface area contributed by atoms with Crippen molar-refractivity contribution in [1.82, 2.24) is 9.97 Å². The van der Waals surface area contributed by atoms with Gasteiger partial charge in [0.25, 0.3) is 0 Å². The molecule has 0 bridgehead atoms. The Morgan fingerprint density at radius 3 is 1.39 bits per heavy atom. The Hall–Kier alpha value is -5.80. The molecule has 6 aromatic carbocycles. The van der Waals surface area contributed by atoms with Gasteiger partial charge in [0, 0.05) is 27.8 Å². The molecule has 0 saturated carbocycles. The summed E-state index contributed by atoms with van der Waals surface area (Å²) in [5.41, 5.74) is 8.90. The van der Waals surface area contributed by atoms with Gasteiger partial charge in [0.15, 0.2) is 5.82 Å². The fraction of sp³-hybridized carbons (Fsp3) is 0.0244. The standard InChI is InChI=1S/C41H28N2O/c1-4-14-29(15-5-1)36-28-37(43-40(42-36)31-16-6-2-7-17-31)30-24-26-33(27-25-30)41(32-18-8-3-9-19-32)34-20-10-12-22-38(34)44-39-23-13-11-21-35(39)41/h1-28H. The van der Waals surface area contributed by atoms with Crippen molar-refractivity contribution in [3.8, 4) is 45.4 Å². The Kier molecular flexibility index (Phi) is 6.35. The molecule has 3 heteroatoms. The lowest BCUT2D eigenvalue weighted by Crippen LogP contribution is -2.34. The fourth-order valence-electron chi connectivity index (χ4n) is 6.43. The second-order valence-electron chi connectivity index (χ2n) is 11.0. The second-order valence-corrected chi connectivity index (χ2v) is 11.0. The van der Waals surface area contributed by atoms with E-state index in [1.807, 2.05) is 48.5 Å². The van der Waals surface area contributed by atoms with Gasteiger partial charge in [-0.15, -0.1) is 0 Å². The molecule has 0 unspecified atom stereocenters. The van der Waals surface area contributed by atoms with Crippen LogP contribution in [-0.2, 0) is 5.41 Å². The third-order valence-electron chi connectivity index (χ3n) is 8.45. The van der Waals surface area contributed by atoms with E-state index in [0.717, 1.165) is 56.3 Å². The molecule has 0 atom stereocenters. The molecular formula is C41H28N2O. The number of ether oxygens (including phenoxy) is 1. The van der Waals surface area contributed by atoms with Crippen LogP contribution in [0.4, 0.5) is 0 Å². The third kappa shape index (κ3) is 4.29. The summed E-state index contributed by atoms with van der Waals surface area (Å²) < 4.78 is 6.46. The predicted molar refractivity (Wildman–Crippen MR) is 177 cm³/mol. The minimum absolute atomic E-state index is 0.554. The molecule has 208 valence electrons. The largest absolute Gasteiger partial charge is 0.457 e. The first kappa shape index (κ1) is 25.9. The SMILES string of the molecule is c1ccc(-c2cc(-c3ccc(C4(c5ccccc5)c5ccccc5Oc5ccccc54)cc3)nc(-c3ccccc3)n2)cc1. The summed E-state index contributed by atoms with van der Waals surface area (Å²) in [6.07, 6.45) is 0. The van der Waals surface area contributed by atoms with Gasteiger partial charge in [0.05, 0.1) is 16.8 Å². The summed E-state index contributed by atoms with van der Waals surface area (Å²) in [6.45, 7) is 0. The van der Waals surface area contributed by atoms with E-state index in [1.165, 1.54) is 5.56 Å². The molecule has 3 nitrogen and oxygen atoms in total. The van der Waals surface area contributed by atoms with Crippen LogP contribution in [0.3, 0.4) is 0 Å². The maximum absolute atomic E-state index is 6.46. The van der Waals surface area contributed by atoms with Crippen LogP contribution in [-0.4, -0.2) is 9.97 Å². The highest BCUT2D eigenvalue weighted by Gasteiger charge is 2.45. The highest BCUT2D eigenvalue weighted by Crippen LogP contribution is 2.55. The lowest BCUT2D eigenvalue weighted by molar-refractivity contribution is 0.434. The molecule has 0 spiro atoms. The first-order chi connectivity index (χ1) is 21.8. The van der Waals surface area contributed by atoms with Crippen LogP contribution in [0.5, 0.6) is 11.5 Å². The van der Waals surface area contributed by atoms with Gasteiger partial charge in [-0.3, -0.25) is 0 Å². The summed E-state index contributed by atoms with van der Waals surface area (Å²) in [6, 6.07) is 58.9. The Bertz CT molecular complexity index is 1970. The molecule has 0 N–H and O–H groups in total. The molecule has 1 aliphatic rings. The van der Waals surface area contributed by atoms with E-state index in [1.54, 1.807) is 0 Å². The van der Waals surface area contributed by atoms with Crippen LogP contribution in [0.15, 0.2) is 170 Å². The summed E-state index contributed by atoms with van der Waals surface area (Å²) in [5, 5.41) is 0. The average molecular weight is 565 g/mol. The maximum Gasteiger partial charge on any atom is 0.160 e. The molecule has 2 heterocycles. The zero-order chi connectivity index (χ0) is 29.3. The van der Waals surface area contributed by atoms with Crippen LogP contribution >= 0.6 is 0 Å². The minimum Gasteiger partial charge on any atom is -0.457 e. The van der Waals surface area contributed by atoms with Crippen molar-refractivity contribution in [2.75, 3.05) is 0 Å². The van der Waals surface area contributed by atoms with Gasteiger partial charge in [-0.25, -0.2) is 9.97 Å². The monoisotopic (exact) mass is 564 g/mol. The minimum atomic E-state index is -0.554. The lowest BCUT2D eigenvalue weighted by atomic mass is 9.63. The lowest BCUT2D eigenvalue weighted by Gasteiger charge is -2.41. The molecule has 0 fully saturated rings. The van der Waals surface area contributed by atoms with Crippen molar-refractivity contribution in [3.63, 3.8) is 0 Å². The Morgan fingerprint density at radius 1 is 0.386 bits per heavy atom. The first-order valence-electron chi connectivity index (χ1n) is 14.8. The number of fused-ring (bicyclic) bond motifs is 2. The first-order valence-corrected chi connectivity index (χ1v) is 14.8. The summed E-state index contributed by atoms with van der Waals surface area (Å²) in [4.78, 5) is 10.0. The van der Waals surface area contributed by atoms with Crippen LogP contribution in [0.1, 0.15) is 22.3 Å². The van der Waals surface area contributed by atoms with E-state index >= 15 is 0 Å². The molecule has 8 rings (SSSR count). The Balaban J connectivity index is 1.32. The van der Waals surface area contributed by atoms with Crippen molar-refractivity contribution in [2.24, 2.45) is 0 Å². The molecule has 0 amide bonds. The summed E-state index contributed by atoms with van der Waals surface area (Å²) >= 11 is 0. The Labute approximate surface area is 257 Å². The van der Waals surface area contributed by atoms with E-state index in [4.69, 9.17) is 14.7 Å². The Morgan fingerprint density at radius 2 is 0.818 bits per heavy atom.